The minimum absolute atomic E-state index is 0.224. The molecule has 2 fully saturated rings. The fraction of sp³-hybridized carbons (Fsp3) is 0.476. The van der Waals surface area contributed by atoms with Crippen LogP contribution in [0.15, 0.2) is 42.5 Å². The number of hydrogen-bond donors (Lipinski definition) is 2. The van der Waals surface area contributed by atoms with E-state index < -0.39 is 0 Å². The third kappa shape index (κ3) is 3.62. The molecule has 0 aliphatic carbocycles. The van der Waals surface area contributed by atoms with Crippen LogP contribution in [0, 0.1) is 5.92 Å². The number of amides is 1. The molecule has 0 aromatic heterocycles. The van der Waals surface area contributed by atoms with E-state index >= 15 is 0 Å². The van der Waals surface area contributed by atoms with Gasteiger partial charge >= 0.3 is 0 Å². The maximum Gasteiger partial charge on any atom is 0.220 e. The van der Waals surface area contributed by atoms with E-state index in [0.29, 0.717) is 24.4 Å². The summed E-state index contributed by atoms with van der Waals surface area (Å²) in [5.41, 5.74) is 1.29. The maximum atomic E-state index is 12.2. The number of carbonyl (C=O) groups excluding carboxylic acids is 1. The molecule has 2 N–H and O–H groups in total. The van der Waals surface area contributed by atoms with Crippen molar-refractivity contribution in [3.05, 3.63) is 48.0 Å². The summed E-state index contributed by atoms with van der Waals surface area (Å²) in [5, 5.41) is 9.30. The highest BCUT2D eigenvalue weighted by Gasteiger charge is 2.33. The van der Waals surface area contributed by atoms with Crippen molar-refractivity contribution >= 4 is 16.7 Å². The van der Waals surface area contributed by atoms with Crippen LogP contribution in [0.2, 0.25) is 0 Å². The van der Waals surface area contributed by atoms with Gasteiger partial charge in [-0.2, -0.15) is 0 Å². The van der Waals surface area contributed by atoms with Crippen molar-refractivity contribution in [1.29, 1.82) is 0 Å². The number of fused-ring (bicyclic) bond motifs is 3. The molecule has 2 unspecified atom stereocenters. The van der Waals surface area contributed by atoms with Crippen LogP contribution in [-0.2, 0) is 11.2 Å². The zero-order valence-corrected chi connectivity index (χ0v) is 14.1. The Bertz CT molecular complexity index is 715. The van der Waals surface area contributed by atoms with E-state index in [0.717, 1.165) is 13.0 Å². The topological polar surface area (TPSA) is 41.1 Å². The van der Waals surface area contributed by atoms with Gasteiger partial charge in [-0.05, 0) is 54.4 Å². The molecule has 3 nitrogen and oxygen atoms in total. The van der Waals surface area contributed by atoms with Crippen molar-refractivity contribution in [1.82, 2.24) is 10.6 Å². The average Bonchev–Trinajstić information content (AvgIpc) is 2.93. The first-order chi connectivity index (χ1) is 11.8. The number of benzene rings is 2. The minimum Gasteiger partial charge on any atom is -0.356 e. The van der Waals surface area contributed by atoms with Crippen LogP contribution in [0.5, 0.6) is 0 Å². The van der Waals surface area contributed by atoms with Gasteiger partial charge in [0, 0.05) is 25.0 Å². The quantitative estimate of drug-likeness (QED) is 0.885. The van der Waals surface area contributed by atoms with Gasteiger partial charge in [-0.1, -0.05) is 42.5 Å². The molecule has 2 aliphatic heterocycles. The smallest absolute Gasteiger partial charge is 0.220 e. The van der Waals surface area contributed by atoms with Gasteiger partial charge in [0.2, 0.25) is 5.91 Å². The summed E-state index contributed by atoms with van der Waals surface area (Å²) in [5.74, 6) is 0.798. The van der Waals surface area contributed by atoms with Crippen molar-refractivity contribution in [2.24, 2.45) is 5.92 Å². The molecule has 2 aromatic rings. The van der Waals surface area contributed by atoms with Crippen molar-refractivity contribution in [3.63, 3.8) is 0 Å². The molecule has 126 valence electrons. The minimum atomic E-state index is 0.224. The molecule has 2 bridgehead atoms. The summed E-state index contributed by atoms with van der Waals surface area (Å²) in [6, 6.07) is 16.3. The number of hydrogen-bond acceptors (Lipinski definition) is 2. The normalized spacial score (nSPS) is 25.8. The van der Waals surface area contributed by atoms with E-state index in [1.54, 1.807) is 0 Å². The van der Waals surface area contributed by atoms with Gasteiger partial charge in [0.1, 0.15) is 0 Å². The average molecular weight is 322 g/mol. The van der Waals surface area contributed by atoms with Gasteiger partial charge in [-0.3, -0.25) is 4.79 Å². The molecule has 2 atom stereocenters. The molecule has 3 heteroatoms. The van der Waals surface area contributed by atoms with E-state index in [-0.39, 0.29) is 5.91 Å². The molecule has 4 rings (SSSR count). The maximum absolute atomic E-state index is 12.2. The summed E-state index contributed by atoms with van der Waals surface area (Å²) in [6.07, 6.45) is 6.54. The van der Waals surface area contributed by atoms with Gasteiger partial charge in [-0.25, -0.2) is 0 Å². The summed E-state index contributed by atoms with van der Waals surface area (Å²) >= 11 is 0. The van der Waals surface area contributed by atoms with Crippen LogP contribution in [0.4, 0.5) is 0 Å². The van der Waals surface area contributed by atoms with Gasteiger partial charge in [0.05, 0.1) is 0 Å². The Labute approximate surface area is 143 Å². The van der Waals surface area contributed by atoms with E-state index in [2.05, 4.69) is 53.1 Å². The highest BCUT2D eigenvalue weighted by Crippen LogP contribution is 2.32. The first kappa shape index (κ1) is 15.6. The van der Waals surface area contributed by atoms with Crippen molar-refractivity contribution in [3.8, 4) is 0 Å². The van der Waals surface area contributed by atoms with Crippen LogP contribution in [0.3, 0.4) is 0 Å². The zero-order valence-electron chi connectivity index (χ0n) is 14.1. The number of rotatable bonds is 5. The highest BCUT2D eigenvalue weighted by molar-refractivity contribution is 5.83. The van der Waals surface area contributed by atoms with E-state index in [1.807, 2.05) is 0 Å². The van der Waals surface area contributed by atoms with E-state index in [4.69, 9.17) is 0 Å². The third-order valence-electron chi connectivity index (χ3n) is 5.59. The molecular formula is C21H26N2O. The van der Waals surface area contributed by atoms with Crippen LogP contribution in [0.25, 0.3) is 10.8 Å². The molecular weight excluding hydrogens is 296 g/mol. The number of carbonyl (C=O) groups is 1. The first-order valence-electron chi connectivity index (χ1n) is 9.27. The lowest BCUT2D eigenvalue weighted by Gasteiger charge is -2.28. The lowest BCUT2D eigenvalue weighted by Crippen LogP contribution is -2.39. The lowest BCUT2D eigenvalue weighted by atomic mass is 9.89. The Morgan fingerprint density at radius 1 is 1.04 bits per heavy atom. The second-order valence-electron chi connectivity index (χ2n) is 7.46. The largest absolute Gasteiger partial charge is 0.356 e. The third-order valence-corrected chi connectivity index (χ3v) is 5.59. The molecule has 2 saturated heterocycles. The van der Waals surface area contributed by atoms with E-state index in [1.165, 1.54) is 42.0 Å². The fourth-order valence-electron chi connectivity index (χ4n) is 4.42. The summed E-state index contributed by atoms with van der Waals surface area (Å²) in [7, 11) is 0. The standard InChI is InChI=1S/C21H26N2O/c24-21(14-16-12-19-7-8-20(13-16)23-19)22-10-9-15-5-6-17-3-1-2-4-18(17)11-15/h1-6,11,16,19-20,23H,7-10,12-14H2,(H,22,24). The summed E-state index contributed by atoms with van der Waals surface area (Å²) < 4.78 is 0. The first-order valence-corrected chi connectivity index (χ1v) is 9.27. The SMILES string of the molecule is O=C(CC1CC2CCC(C1)N2)NCCc1ccc2ccccc2c1. The second kappa shape index (κ2) is 6.94. The predicted octanol–water partition coefficient (Wildman–Crippen LogP) is 3.42. The number of nitrogens with one attached hydrogen (secondary N) is 2. The van der Waals surface area contributed by atoms with Crippen LogP contribution >= 0.6 is 0 Å². The monoisotopic (exact) mass is 322 g/mol. The molecule has 1 amide bonds. The number of piperidine rings is 1. The Balaban J connectivity index is 1.25. The van der Waals surface area contributed by atoms with Crippen LogP contribution < -0.4 is 10.6 Å². The zero-order chi connectivity index (χ0) is 16.4. The van der Waals surface area contributed by atoms with Gasteiger partial charge in [0.15, 0.2) is 0 Å². The molecule has 0 spiro atoms. The second-order valence-corrected chi connectivity index (χ2v) is 7.46. The molecule has 0 radical (unpaired) electrons. The van der Waals surface area contributed by atoms with Crippen molar-refractivity contribution in [2.45, 2.75) is 50.6 Å². The van der Waals surface area contributed by atoms with E-state index in [9.17, 15) is 4.79 Å². The summed E-state index contributed by atoms with van der Waals surface area (Å²) in [4.78, 5) is 12.2. The lowest BCUT2D eigenvalue weighted by molar-refractivity contribution is -0.122. The Hall–Kier alpha value is -1.87. The molecule has 0 saturated carbocycles. The van der Waals surface area contributed by atoms with Crippen molar-refractivity contribution in [2.75, 3.05) is 6.54 Å². The predicted molar refractivity (Wildman–Crippen MR) is 97.9 cm³/mol. The summed E-state index contributed by atoms with van der Waals surface area (Å²) in [6.45, 7) is 0.731. The highest BCUT2D eigenvalue weighted by atomic mass is 16.1. The van der Waals surface area contributed by atoms with Crippen LogP contribution in [-0.4, -0.2) is 24.5 Å². The molecule has 2 heterocycles. The Morgan fingerprint density at radius 2 is 1.79 bits per heavy atom. The molecule has 2 aromatic carbocycles. The molecule has 24 heavy (non-hydrogen) atoms. The Morgan fingerprint density at radius 3 is 2.58 bits per heavy atom. The van der Waals surface area contributed by atoms with Gasteiger partial charge < -0.3 is 10.6 Å². The van der Waals surface area contributed by atoms with Gasteiger partial charge in [-0.15, -0.1) is 0 Å². The van der Waals surface area contributed by atoms with Crippen molar-refractivity contribution < 1.29 is 4.79 Å². The van der Waals surface area contributed by atoms with Crippen LogP contribution in [0.1, 0.15) is 37.7 Å². The van der Waals surface area contributed by atoms with Gasteiger partial charge in [0.25, 0.3) is 0 Å². The molecule has 2 aliphatic rings. The fourth-order valence-corrected chi connectivity index (χ4v) is 4.42. The Kier molecular flexibility index (Phi) is 4.52.